The third-order valence-corrected chi connectivity index (χ3v) is 6.26. The molecule has 2 aliphatic rings. The molecule has 0 saturated carbocycles. The maximum Gasteiger partial charge on any atom is 0.321 e. The zero-order valence-corrected chi connectivity index (χ0v) is 20.6. The number of carbonyl (C=O) groups excluding carboxylic acids is 2. The van der Waals surface area contributed by atoms with Crippen molar-refractivity contribution in [3.8, 4) is 0 Å². The van der Waals surface area contributed by atoms with Gasteiger partial charge >= 0.3 is 6.03 Å². The molecule has 0 bridgehead atoms. The Hall–Kier alpha value is -2.92. The first kappa shape index (κ1) is 24.2. The molecule has 2 aromatic rings. The number of aromatic nitrogens is 2. The second-order valence-corrected chi connectivity index (χ2v) is 9.15. The first-order valence-corrected chi connectivity index (χ1v) is 12.5. The zero-order chi connectivity index (χ0) is 23.8. The molecule has 1 aromatic heterocycles. The van der Waals surface area contributed by atoms with Crippen LogP contribution < -0.4 is 21.3 Å². The molecule has 1 aromatic carbocycles. The van der Waals surface area contributed by atoms with Crippen molar-refractivity contribution in [1.29, 1.82) is 0 Å². The van der Waals surface area contributed by atoms with Crippen LogP contribution in [0.1, 0.15) is 32.1 Å². The van der Waals surface area contributed by atoms with Gasteiger partial charge in [-0.3, -0.25) is 4.79 Å². The zero-order valence-electron chi connectivity index (χ0n) is 19.0. The van der Waals surface area contributed by atoms with Crippen molar-refractivity contribution in [2.75, 3.05) is 48.7 Å². The summed E-state index contributed by atoms with van der Waals surface area (Å²) in [4.78, 5) is 35.0. The number of nitrogens with zero attached hydrogens (tertiary/aromatic N) is 3. The summed E-state index contributed by atoms with van der Waals surface area (Å²) in [6.07, 6.45) is 5.96. The Morgan fingerprint density at radius 3 is 2.76 bits per heavy atom. The summed E-state index contributed by atoms with van der Waals surface area (Å²) in [7, 11) is 0. The molecule has 0 radical (unpaired) electrons. The van der Waals surface area contributed by atoms with Crippen molar-refractivity contribution in [2.24, 2.45) is 0 Å². The predicted octanol–water partition coefficient (Wildman–Crippen LogP) is 3.71. The average molecular weight is 532 g/mol. The number of anilines is 4. The molecule has 2 fully saturated rings. The minimum absolute atomic E-state index is 0.0361. The van der Waals surface area contributed by atoms with Gasteiger partial charge in [0.1, 0.15) is 11.9 Å². The number of urea groups is 1. The minimum atomic E-state index is -0.301. The van der Waals surface area contributed by atoms with Gasteiger partial charge in [-0.15, -0.1) is 0 Å². The lowest BCUT2D eigenvalue weighted by Crippen LogP contribution is -2.35. The number of halogens is 1. The van der Waals surface area contributed by atoms with Gasteiger partial charge in [0.2, 0.25) is 11.9 Å². The summed E-state index contributed by atoms with van der Waals surface area (Å²) in [6, 6.07) is 7.38. The van der Waals surface area contributed by atoms with Crippen molar-refractivity contribution >= 4 is 51.0 Å². The van der Waals surface area contributed by atoms with E-state index in [1.54, 1.807) is 6.20 Å². The normalized spacial score (nSPS) is 17.4. The van der Waals surface area contributed by atoms with E-state index in [-0.39, 0.29) is 18.0 Å². The van der Waals surface area contributed by atoms with E-state index in [4.69, 9.17) is 4.74 Å². The largest absolute Gasteiger partial charge is 0.369 e. The fraction of sp³-hybridized carbons (Fsp3) is 0.478. The number of nitrogens with one attached hydrogen (secondary N) is 4. The molecule has 2 saturated heterocycles. The van der Waals surface area contributed by atoms with E-state index < -0.39 is 0 Å². The second kappa shape index (κ2) is 12.0. The monoisotopic (exact) mass is 531 g/mol. The van der Waals surface area contributed by atoms with E-state index in [1.165, 1.54) is 0 Å². The highest BCUT2D eigenvalue weighted by Gasteiger charge is 2.22. The standard InChI is InChI=1S/C23H30BrN7O3/c24-18-15-27-22(30-20(18)25-9-5-10-26-21(32)19-8-4-13-34-19)28-16-6-3-7-17(14-16)29-23(33)31-11-1-2-12-31/h3,6-7,14-15,19H,1-2,4-5,8-13H2,(H,26,32)(H,29,33)(H2,25,27,28,30). The maximum absolute atomic E-state index is 12.3. The number of ether oxygens (including phenoxy) is 1. The lowest BCUT2D eigenvalue weighted by Gasteiger charge is -2.16. The van der Waals surface area contributed by atoms with E-state index in [2.05, 4.69) is 47.2 Å². The summed E-state index contributed by atoms with van der Waals surface area (Å²) in [5.74, 6) is 1.05. The van der Waals surface area contributed by atoms with Crippen LogP contribution >= 0.6 is 15.9 Å². The van der Waals surface area contributed by atoms with Crippen LogP contribution in [0, 0.1) is 0 Å². The molecule has 1 atom stereocenters. The number of likely N-dealkylation sites (tertiary alicyclic amines) is 1. The van der Waals surface area contributed by atoms with E-state index in [0.29, 0.717) is 37.1 Å². The molecule has 34 heavy (non-hydrogen) atoms. The molecule has 0 aliphatic carbocycles. The summed E-state index contributed by atoms with van der Waals surface area (Å²) in [5.41, 5.74) is 1.48. The Morgan fingerprint density at radius 2 is 1.97 bits per heavy atom. The van der Waals surface area contributed by atoms with Crippen LogP contribution in [-0.2, 0) is 9.53 Å². The van der Waals surface area contributed by atoms with Crippen LogP contribution in [0.15, 0.2) is 34.9 Å². The van der Waals surface area contributed by atoms with Crippen LogP contribution in [0.4, 0.5) is 27.9 Å². The van der Waals surface area contributed by atoms with Crippen LogP contribution in [0.25, 0.3) is 0 Å². The molecular formula is C23H30BrN7O3. The number of amides is 3. The highest BCUT2D eigenvalue weighted by Crippen LogP contribution is 2.23. The summed E-state index contributed by atoms with van der Waals surface area (Å²) in [5, 5.41) is 12.3. The van der Waals surface area contributed by atoms with Gasteiger partial charge in [0.15, 0.2) is 0 Å². The summed E-state index contributed by atoms with van der Waals surface area (Å²) < 4.78 is 6.13. The van der Waals surface area contributed by atoms with Gasteiger partial charge in [0, 0.05) is 50.4 Å². The number of hydrogen-bond acceptors (Lipinski definition) is 7. The lowest BCUT2D eigenvalue weighted by atomic mass is 10.2. The summed E-state index contributed by atoms with van der Waals surface area (Å²) >= 11 is 3.47. The molecule has 3 heterocycles. The van der Waals surface area contributed by atoms with Crippen LogP contribution in [0.5, 0.6) is 0 Å². The number of benzene rings is 1. The first-order chi connectivity index (χ1) is 16.6. The van der Waals surface area contributed by atoms with Crippen molar-refractivity contribution in [3.63, 3.8) is 0 Å². The fourth-order valence-corrected chi connectivity index (χ4v) is 4.21. The van der Waals surface area contributed by atoms with Gasteiger partial charge in [-0.1, -0.05) is 6.07 Å². The SMILES string of the molecule is O=C(NCCCNc1nc(Nc2cccc(NC(=O)N3CCCC3)c2)ncc1Br)C1CCCO1. The Bertz CT molecular complexity index is 994. The molecule has 182 valence electrons. The molecule has 2 aliphatic heterocycles. The van der Waals surface area contributed by atoms with E-state index in [0.717, 1.165) is 55.4 Å². The quantitative estimate of drug-likeness (QED) is 0.364. The number of carbonyl (C=O) groups is 2. The van der Waals surface area contributed by atoms with Crippen LogP contribution in [-0.4, -0.2) is 65.7 Å². The van der Waals surface area contributed by atoms with Crippen molar-refractivity contribution in [1.82, 2.24) is 20.2 Å². The van der Waals surface area contributed by atoms with Gasteiger partial charge in [-0.2, -0.15) is 4.98 Å². The fourth-order valence-electron chi connectivity index (χ4n) is 3.88. The first-order valence-electron chi connectivity index (χ1n) is 11.7. The second-order valence-electron chi connectivity index (χ2n) is 8.29. The van der Waals surface area contributed by atoms with Crippen LogP contribution in [0.3, 0.4) is 0 Å². The smallest absolute Gasteiger partial charge is 0.321 e. The van der Waals surface area contributed by atoms with Crippen molar-refractivity contribution in [2.45, 2.75) is 38.2 Å². The van der Waals surface area contributed by atoms with Gasteiger partial charge in [0.05, 0.1) is 4.47 Å². The highest BCUT2D eigenvalue weighted by atomic mass is 79.9. The Kier molecular flexibility index (Phi) is 8.53. The number of rotatable bonds is 9. The Balaban J connectivity index is 1.26. The Labute approximate surface area is 207 Å². The molecule has 1 unspecified atom stereocenters. The molecule has 0 spiro atoms. The Morgan fingerprint density at radius 1 is 1.15 bits per heavy atom. The minimum Gasteiger partial charge on any atom is -0.369 e. The van der Waals surface area contributed by atoms with Gasteiger partial charge in [-0.05, 0) is 66.2 Å². The van der Waals surface area contributed by atoms with Gasteiger partial charge in [0.25, 0.3) is 0 Å². The molecular weight excluding hydrogens is 502 g/mol. The predicted molar refractivity (Wildman–Crippen MR) is 134 cm³/mol. The van der Waals surface area contributed by atoms with Crippen LogP contribution in [0.2, 0.25) is 0 Å². The van der Waals surface area contributed by atoms with Gasteiger partial charge < -0.3 is 30.9 Å². The van der Waals surface area contributed by atoms with E-state index in [9.17, 15) is 9.59 Å². The lowest BCUT2D eigenvalue weighted by molar-refractivity contribution is -0.130. The van der Waals surface area contributed by atoms with Crippen molar-refractivity contribution in [3.05, 3.63) is 34.9 Å². The third-order valence-electron chi connectivity index (χ3n) is 5.67. The molecule has 10 nitrogen and oxygen atoms in total. The topological polar surface area (TPSA) is 121 Å². The summed E-state index contributed by atoms with van der Waals surface area (Å²) in [6.45, 7) is 3.46. The highest BCUT2D eigenvalue weighted by molar-refractivity contribution is 9.10. The van der Waals surface area contributed by atoms with E-state index >= 15 is 0 Å². The molecule has 4 rings (SSSR count). The molecule has 4 N–H and O–H groups in total. The van der Waals surface area contributed by atoms with Crippen molar-refractivity contribution < 1.29 is 14.3 Å². The molecule has 11 heteroatoms. The van der Waals surface area contributed by atoms with Gasteiger partial charge in [-0.25, -0.2) is 9.78 Å². The van der Waals surface area contributed by atoms with E-state index in [1.807, 2.05) is 29.2 Å². The number of hydrogen-bond donors (Lipinski definition) is 4. The maximum atomic E-state index is 12.3. The third kappa shape index (κ3) is 6.80. The molecule has 3 amide bonds. The average Bonchev–Trinajstić information content (AvgIpc) is 3.56.